The first kappa shape index (κ1) is 22.1. The van der Waals surface area contributed by atoms with E-state index in [-0.39, 0.29) is 28.5 Å². The second kappa shape index (κ2) is 8.63. The van der Waals surface area contributed by atoms with Crippen LogP contribution in [0.2, 0.25) is 0 Å². The van der Waals surface area contributed by atoms with Gasteiger partial charge in [0.15, 0.2) is 5.78 Å². The van der Waals surface area contributed by atoms with Crippen molar-refractivity contribution in [2.24, 2.45) is 11.3 Å². The Labute approximate surface area is 180 Å². The number of nitro groups is 2. The Morgan fingerprint density at radius 1 is 0.774 bits per heavy atom. The minimum absolute atomic E-state index is 0.00319. The quantitative estimate of drug-likeness (QED) is 0.343. The molecule has 1 aliphatic rings. The van der Waals surface area contributed by atoms with Crippen LogP contribution in [-0.4, -0.2) is 15.6 Å². The lowest BCUT2D eigenvalue weighted by Crippen LogP contribution is -2.29. The molecule has 0 radical (unpaired) electrons. The van der Waals surface area contributed by atoms with E-state index in [1.165, 1.54) is 24.3 Å². The lowest BCUT2D eigenvalue weighted by Gasteiger charge is -2.35. The molecule has 1 saturated carbocycles. The average Bonchev–Trinajstić information content (AvgIpc) is 2.71. The van der Waals surface area contributed by atoms with Crippen molar-refractivity contribution in [1.29, 1.82) is 0 Å². The summed E-state index contributed by atoms with van der Waals surface area (Å²) < 4.78 is 0. The van der Waals surface area contributed by atoms with Crippen LogP contribution in [0.25, 0.3) is 12.2 Å². The molecule has 0 heterocycles. The molecule has 31 heavy (non-hydrogen) atoms. The molecule has 0 amide bonds. The van der Waals surface area contributed by atoms with E-state index in [0.29, 0.717) is 24.0 Å². The average molecular weight is 420 g/mol. The van der Waals surface area contributed by atoms with Crippen molar-refractivity contribution in [2.45, 2.75) is 33.6 Å². The number of benzene rings is 2. The molecule has 0 aliphatic heterocycles. The molecular weight excluding hydrogens is 396 g/mol. The minimum atomic E-state index is -0.455. The summed E-state index contributed by atoms with van der Waals surface area (Å²) in [5.74, 6) is 0.177. The van der Waals surface area contributed by atoms with Crippen LogP contribution in [0.1, 0.15) is 44.7 Å². The molecule has 7 heteroatoms. The van der Waals surface area contributed by atoms with E-state index in [9.17, 15) is 25.0 Å². The molecule has 7 nitrogen and oxygen atoms in total. The number of Topliss-reactive ketones (excluding diaryl/α,β-unsaturated/α-hetero) is 1. The zero-order chi connectivity index (χ0) is 22.8. The molecule has 0 saturated heterocycles. The Balaban J connectivity index is 1.97. The number of rotatable bonds is 4. The maximum Gasteiger partial charge on any atom is 0.269 e. The summed E-state index contributed by atoms with van der Waals surface area (Å²) >= 11 is 0. The number of hydrogen-bond donors (Lipinski definition) is 0. The van der Waals surface area contributed by atoms with Crippen LogP contribution in [0, 0.1) is 31.6 Å². The number of nitrogens with zero attached hydrogens (tertiary/aromatic N) is 2. The molecule has 1 fully saturated rings. The Kier molecular flexibility index (Phi) is 6.15. The van der Waals surface area contributed by atoms with Crippen LogP contribution in [0.4, 0.5) is 11.4 Å². The number of carbonyl (C=O) groups is 1. The summed E-state index contributed by atoms with van der Waals surface area (Å²) in [7, 11) is 0. The molecule has 0 spiro atoms. The van der Waals surface area contributed by atoms with Gasteiger partial charge in [-0.25, -0.2) is 0 Å². The zero-order valence-electron chi connectivity index (χ0n) is 17.7. The van der Waals surface area contributed by atoms with Crippen LogP contribution < -0.4 is 0 Å². The molecular formula is C24H24N2O5. The fraction of sp³-hybridized carbons (Fsp3) is 0.292. The van der Waals surface area contributed by atoms with Gasteiger partial charge in [-0.15, -0.1) is 0 Å². The van der Waals surface area contributed by atoms with Crippen molar-refractivity contribution in [2.75, 3.05) is 0 Å². The first-order valence-electron chi connectivity index (χ1n) is 9.99. The molecule has 0 unspecified atom stereocenters. The second-order valence-electron chi connectivity index (χ2n) is 8.84. The van der Waals surface area contributed by atoms with E-state index in [0.717, 1.165) is 11.1 Å². The van der Waals surface area contributed by atoms with Crippen molar-refractivity contribution in [3.63, 3.8) is 0 Å². The number of non-ortho nitro benzene ring substituents is 2. The SMILES string of the molecule is CC(C)(C)C1CC(=Cc2ccc([N+](=O)[O-])cc2)C(=O)C(=Cc2ccc([N+](=O)[O-])cc2)C1. The van der Waals surface area contributed by atoms with E-state index in [4.69, 9.17) is 0 Å². The monoisotopic (exact) mass is 420 g/mol. The third-order valence-corrected chi connectivity index (χ3v) is 5.63. The summed E-state index contributed by atoms with van der Waals surface area (Å²) in [6.45, 7) is 6.42. The highest BCUT2D eigenvalue weighted by Crippen LogP contribution is 2.42. The number of nitro benzene ring substituents is 2. The molecule has 0 aromatic heterocycles. The number of allylic oxidation sites excluding steroid dienone is 2. The van der Waals surface area contributed by atoms with Gasteiger partial charge in [0.1, 0.15) is 0 Å². The zero-order valence-corrected chi connectivity index (χ0v) is 17.7. The largest absolute Gasteiger partial charge is 0.289 e. The Hall–Kier alpha value is -3.61. The maximum absolute atomic E-state index is 13.2. The van der Waals surface area contributed by atoms with Crippen molar-refractivity contribution in [3.05, 3.63) is 91.0 Å². The number of hydrogen-bond acceptors (Lipinski definition) is 5. The molecule has 0 bridgehead atoms. The molecule has 0 atom stereocenters. The molecule has 3 rings (SSSR count). The van der Waals surface area contributed by atoms with Gasteiger partial charge in [0.25, 0.3) is 11.4 Å². The lowest BCUT2D eigenvalue weighted by molar-refractivity contribution is -0.385. The predicted octanol–water partition coefficient (Wildman–Crippen LogP) is 6.00. The van der Waals surface area contributed by atoms with Crippen LogP contribution >= 0.6 is 0 Å². The highest BCUT2D eigenvalue weighted by Gasteiger charge is 2.34. The first-order chi connectivity index (χ1) is 14.5. The van der Waals surface area contributed by atoms with Gasteiger partial charge in [0.2, 0.25) is 0 Å². The van der Waals surface area contributed by atoms with Crippen molar-refractivity contribution in [1.82, 2.24) is 0 Å². The fourth-order valence-electron chi connectivity index (χ4n) is 3.64. The highest BCUT2D eigenvalue weighted by molar-refractivity contribution is 6.14. The normalized spacial score (nSPS) is 19.6. The van der Waals surface area contributed by atoms with Crippen LogP contribution in [0.5, 0.6) is 0 Å². The Morgan fingerprint density at radius 2 is 1.13 bits per heavy atom. The van der Waals surface area contributed by atoms with Crippen LogP contribution in [-0.2, 0) is 4.79 Å². The highest BCUT2D eigenvalue weighted by atomic mass is 16.6. The Morgan fingerprint density at radius 3 is 1.42 bits per heavy atom. The second-order valence-corrected chi connectivity index (χ2v) is 8.84. The van der Waals surface area contributed by atoms with Crippen molar-refractivity contribution < 1.29 is 14.6 Å². The smallest absolute Gasteiger partial charge is 0.269 e. The third kappa shape index (κ3) is 5.31. The van der Waals surface area contributed by atoms with E-state index in [1.54, 1.807) is 36.4 Å². The number of carbonyl (C=O) groups excluding carboxylic acids is 1. The van der Waals surface area contributed by atoms with Gasteiger partial charge in [0, 0.05) is 35.4 Å². The minimum Gasteiger partial charge on any atom is -0.289 e. The molecule has 2 aromatic carbocycles. The Bertz CT molecular complexity index is 995. The van der Waals surface area contributed by atoms with Gasteiger partial charge in [-0.1, -0.05) is 20.8 Å². The molecule has 160 valence electrons. The maximum atomic E-state index is 13.2. The van der Waals surface area contributed by atoms with Gasteiger partial charge in [-0.2, -0.15) is 0 Å². The standard InChI is InChI=1S/C24H24N2O5/c1-24(2,3)20-14-18(12-16-4-8-21(9-5-16)25(28)29)23(27)19(15-20)13-17-6-10-22(11-7-17)26(30)31/h4-13,20H,14-15H2,1-3H3. The summed E-state index contributed by atoms with van der Waals surface area (Å²) in [6, 6.07) is 12.3. The topological polar surface area (TPSA) is 103 Å². The summed E-state index contributed by atoms with van der Waals surface area (Å²) in [5.41, 5.74) is 2.77. The van der Waals surface area contributed by atoms with Crippen molar-refractivity contribution in [3.8, 4) is 0 Å². The summed E-state index contributed by atoms with van der Waals surface area (Å²) in [6.07, 6.45) is 4.84. The van der Waals surface area contributed by atoms with Gasteiger partial charge < -0.3 is 0 Å². The van der Waals surface area contributed by atoms with E-state index in [2.05, 4.69) is 20.8 Å². The third-order valence-electron chi connectivity index (χ3n) is 5.63. The number of ketones is 1. The van der Waals surface area contributed by atoms with Crippen LogP contribution in [0.3, 0.4) is 0 Å². The van der Waals surface area contributed by atoms with Crippen LogP contribution in [0.15, 0.2) is 59.7 Å². The van der Waals surface area contributed by atoms with E-state index in [1.807, 2.05) is 0 Å². The van der Waals surface area contributed by atoms with E-state index < -0.39 is 9.85 Å². The van der Waals surface area contributed by atoms with Gasteiger partial charge >= 0.3 is 0 Å². The summed E-state index contributed by atoms with van der Waals surface area (Å²) in [4.78, 5) is 34.0. The van der Waals surface area contributed by atoms with Crippen molar-refractivity contribution >= 4 is 29.3 Å². The molecule has 2 aromatic rings. The van der Waals surface area contributed by atoms with Gasteiger partial charge in [-0.05, 0) is 71.7 Å². The fourth-order valence-corrected chi connectivity index (χ4v) is 3.64. The lowest BCUT2D eigenvalue weighted by atomic mass is 9.68. The predicted molar refractivity (Wildman–Crippen MR) is 119 cm³/mol. The molecule has 0 N–H and O–H groups in total. The molecule has 1 aliphatic carbocycles. The van der Waals surface area contributed by atoms with E-state index >= 15 is 0 Å². The summed E-state index contributed by atoms with van der Waals surface area (Å²) in [5, 5.41) is 21.7. The first-order valence-corrected chi connectivity index (χ1v) is 9.99. The van der Waals surface area contributed by atoms with Gasteiger partial charge in [0.05, 0.1) is 9.85 Å². The van der Waals surface area contributed by atoms with Gasteiger partial charge in [-0.3, -0.25) is 25.0 Å².